The molecule has 2 rings (SSSR count). The van der Waals surface area contributed by atoms with Gasteiger partial charge in [-0.25, -0.2) is 14.4 Å². The Kier molecular flexibility index (Phi) is 3.24. The van der Waals surface area contributed by atoms with E-state index in [1.54, 1.807) is 12.1 Å². The maximum atomic E-state index is 13.4. The Hall–Kier alpha value is -2.08. The number of halogens is 1. The molecule has 1 aromatic carbocycles. The summed E-state index contributed by atoms with van der Waals surface area (Å²) < 4.78 is 18.7. The third kappa shape index (κ3) is 2.54. The molecule has 0 saturated carbocycles. The van der Waals surface area contributed by atoms with E-state index in [1.807, 2.05) is 0 Å². The van der Waals surface area contributed by atoms with Gasteiger partial charge < -0.3 is 10.5 Å². The largest absolute Gasteiger partial charge is 0.434 e. The summed E-state index contributed by atoms with van der Waals surface area (Å²) in [5.74, 6) is -0.359. The van der Waals surface area contributed by atoms with Crippen LogP contribution >= 0.6 is 12.2 Å². The van der Waals surface area contributed by atoms with E-state index in [0.717, 1.165) is 0 Å². The highest BCUT2D eigenvalue weighted by Crippen LogP contribution is 2.23. The molecule has 1 heterocycles. The predicted molar refractivity (Wildman–Crippen MR) is 64.4 cm³/mol. The molecule has 0 saturated heterocycles. The van der Waals surface area contributed by atoms with Gasteiger partial charge in [-0.15, -0.1) is 0 Å². The summed E-state index contributed by atoms with van der Waals surface area (Å²) in [4.78, 5) is 7.89. The molecule has 0 bridgehead atoms. The Morgan fingerprint density at radius 2 is 1.94 bits per heavy atom. The lowest BCUT2D eigenvalue weighted by Crippen LogP contribution is -2.13. The molecule has 0 amide bonds. The molecule has 0 spiro atoms. The Morgan fingerprint density at radius 3 is 2.65 bits per heavy atom. The van der Waals surface area contributed by atoms with Crippen LogP contribution in [0.1, 0.15) is 5.69 Å². The first-order chi connectivity index (χ1) is 8.18. The fraction of sp³-hybridized carbons (Fsp3) is 0. The molecular weight excluding hydrogens is 241 g/mol. The Bertz CT molecular complexity index is 562. The van der Waals surface area contributed by atoms with Crippen LogP contribution in [0.2, 0.25) is 0 Å². The number of nitrogens with zero attached hydrogens (tertiary/aromatic N) is 2. The van der Waals surface area contributed by atoms with Crippen molar-refractivity contribution in [1.82, 2.24) is 9.97 Å². The monoisotopic (exact) mass is 249 g/mol. The zero-order chi connectivity index (χ0) is 12.3. The van der Waals surface area contributed by atoms with E-state index in [0.29, 0.717) is 0 Å². The highest BCUT2D eigenvalue weighted by atomic mass is 32.1. The second kappa shape index (κ2) is 4.84. The zero-order valence-corrected chi connectivity index (χ0v) is 9.45. The highest BCUT2D eigenvalue weighted by Gasteiger charge is 2.12. The number of nitrogens with two attached hydrogens (primary N) is 1. The molecule has 0 aliphatic carbocycles. The molecule has 0 atom stereocenters. The molecule has 86 valence electrons. The quantitative estimate of drug-likeness (QED) is 0.843. The average Bonchev–Trinajstić information content (AvgIpc) is 2.32. The van der Waals surface area contributed by atoms with Gasteiger partial charge in [0, 0.05) is 12.4 Å². The van der Waals surface area contributed by atoms with Gasteiger partial charge in [-0.05, 0) is 12.1 Å². The van der Waals surface area contributed by atoms with Crippen molar-refractivity contribution < 1.29 is 9.13 Å². The van der Waals surface area contributed by atoms with Gasteiger partial charge >= 0.3 is 0 Å². The number of hydrogen-bond acceptors (Lipinski definition) is 4. The van der Waals surface area contributed by atoms with E-state index in [2.05, 4.69) is 9.97 Å². The number of benzene rings is 1. The summed E-state index contributed by atoms with van der Waals surface area (Å²) in [6.07, 6.45) is 2.85. The van der Waals surface area contributed by atoms with Gasteiger partial charge in [0.05, 0.1) is 0 Å². The number of aromatic nitrogens is 2. The van der Waals surface area contributed by atoms with Crippen LogP contribution in [0.25, 0.3) is 0 Å². The number of hydrogen-bond donors (Lipinski definition) is 1. The molecule has 0 aliphatic heterocycles. The van der Waals surface area contributed by atoms with Crippen molar-refractivity contribution in [2.75, 3.05) is 0 Å². The number of ether oxygens (including phenoxy) is 1. The first kappa shape index (κ1) is 11.4. The van der Waals surface area contributed by atoms with Crippen molar-refractivity contribution in [3.05, 3.63) is 48.2 Å². The fourth-order valence-corrected chi connectivity index (χ4v) is 1.34. The number of para-hydroxylation sites is 1. The zero-order valence-electron chi connectivity index (χ0n) is 8.63. The number of rotatable bonds is 3. The molecule has 0 fully saturated rings. The molecule has 17 heavy (non-hydrogen) atoms. The second-order valence-electron chi connectivity index (χ2n) is 3.11. The summed E-state index contributed by atoms with van der Waals surface area (Å²) in [7, 11) is 0. The van der Waals surface area contributed by atoms with Crippen molar-refractivity contribution in [2.24, 2.45) is 5.73 Å². The molecule has 0 radical (unpaired) electrons. The lowest BCUT2D eigenvalue weighted by molar-refractivity contribution is 0.424. The maximum Gasteiger partial charge on any atom is 0.248 e. The van der Waals surface area contributed by atoms with E-state index in [9.17, 15) is 4.39 Å². The molecule has 0 unspecified atom stereocenters. The van der Waals surface area contributed by atoms with Crippen molar-refractivity contribution in [1.29, 1.82) is 0 Å². The lowest BCUT2D eigenvalue weighted by Gasteiger charge is -2.08. The normalized spacial score (nSPS) is 9.94. The van der Waals surface area contributed by atoms with Crippen LogP contribution in [-0.4, -0.2) is 15.0 Å². The molecular formula is C11H8FN3OS. The Balaban J connectivity index is 2.37. The van der Waals surface area contributed by atoms with Crippen molar-refractivity contribution in [2.45, 2.75) is 0 Å². The molecule has 4 nitrogen and oxygen atoms in total. The van der Waals surface area contributed by atoms with Gasteiger partial charge in [0.1, 0.15) is 4.99 Å². The smallest absolute Gasteiger partial charge is 0.248 e. The second-order valence-corrected chi connectivity index (χ2v) is 3.55. The SMILES string of the molecule is NC(=S)c1nccnc1Oc1ccccc1F. The summed E-state index contributed by atoms with van der Waals surface area (Å²) in [6.45, 7) is 0. The first-order valence-corrected chi connectivity index (χ1v) is 5.12. The van der Waals surface area contributed by atoms with Gasteiger partial charge in [0.25, 0.3) is 0 Å². The summed E-state index contributed by atoms with van der Waals surface area (Å²) in [5.41, 5.74) is 5.69. The predicted octanol–water partition coefficient (Wildman–Crippen LogP) is 2.04. The average molecular weight is 249 g/mol. The van der Waals surface area contributed by atoms with E-state index < -0.39 is 5.82 Å². The van der Waals surface area contributed by atoms with Gasteiger partial charge in [-0.3, -0.25) is 0 Å². The van der Waals surface area contributed by atoms with Gasteiger partial charge in [0.15, 0.2) is 17.3 Å². The van der Waals surface area contributed by atoms with Crippen LogP contribution in [0.4, 0.5) is 4.39 Å². The van der Waals surface area contributed by atoms with Crippen molar-refractivity contribution in [3.8, 4) is 11.6 Å². The van der Waals surface area contributed by atoms with Crippen LogP contribution in [0, 0.1) is 5.82 Å². The van der Waals surface area contributed by atoms with E-state index >= 15 is 0 Å². The van der Waals surface area contributed by atoms with E-state index in [-0.39, 0.29) is 22.3 Å². The van der Waals surface area contributed by atoms with Crippen LogP contribution in [0.15, 0.2) is 36.7 Å². The standard InChI is InChI=1S/C11H8FN3OS/c12-7-3-1-2-4-8(7)16-11-9(10(13)17)14-5-6-15-11/h1-6H,(H2,13,17). The van der Waals surface area contributed by atoms with Gasteiger partial charge in [-0.1, -0.05) is 24.4 Å². The summed E-state index contributed by atoms with van der Waals surface area (Å²) in [6, 6.07) is 5.97. The summed E-state index contributed by atoms with van der Waals surface area (Å²) >= 11 is 4.80. The third-order valence-corrected chi connectivity index (χ3v) is 2.13. The van der Waals surface area contributed by atoms with Gasteiger partial charge in [0.2, 0.25) is 5.88 Å². The summed E-state index contributed by atoms with van der Waals surface area (Å²) in [5, 5.41) is 0. The highest BCUT2D eigenvalue weighted by molar-refractivity contribution is 7.80. The molecule has 6 heteroatoms. The van der Waals surface area contributed by atoms with Crippen LogP contribution in [0.3, 0.4) is 0 Å². The maximum absolute atomic E-state index is 13.4. The van der Waals surface area contributed by atoms with Crippen molar-refractivity contribution in [3.63, 3.8) is 0 Å². The minimum Gasteiger partial charge on any atom is -0.434 e. The van der Waals surface area contributed by atoms with Crippen molar-refractivity contribution >= 4 is 17.2 Å². The minimum absolute atomic E-state index is 0.0458. The third-order valence-electron chi connectivity index (χ3n) is 1.94. The lowest BCUT2D eigenvalue weighted by atomic mass is 10.3. The molecule has 1 aromatic heterocycles. The number of thiocarbonyl (C=S) groups is 1. The fourth-order valence-electron chi connectivity index (χ4n) is 1.20. The first-order valence-electron chi connectivity index (χ1n) is 4.71. The molecule has 0 aliphatic rings. The topological polar surface area (TPSA) is 61.0 Å². The van der Waals surface area contributed by atoms with E-state index in [1.165, 1.54) is 24.5 Å². The Morgan fingerprint density at radius 1 is 1.24 bits per heavy atom. The van der Waals surface area contributed by atoms with E-state index in [4.69, 9.17) is 22.7 Å². The minimum atomic E-state index is -0.493. The molecule has 2 aromatic rings. The van der Waals surface area contributed by atoms with Crippen LogP contribution < -0.4 is 10.5 Å². The molecule has 2 N–H and O–H groups in total. The van der Waals surface area contributed by atoms with Crippen LogP contribution in [0.5, 0.6) is 11.6 Å². The van der Waals surface area contributed by atoms with Crippen LogP contribution in [-0.2, 0) is 0 Å². The Labute approximate surface area is 102 Å². The van der Waals surface area contributed by atoms with Gasteiger partial charge in [-0.2, -0.15) is 0 Å².